The van der Waals surface area contributed by atoms with E-state index in [9.17, 15) is 0 Å². The van der Waals surface area contributed by atoms with Crippen molar-refractivity contribution in [1.82, 2.24) is 15.2 Å². The molecule has 0 radical (unpaired) electrons. The lowest BCUT2D eigenvalue weighted by molar-refractivity contribution is 0.0433. The number of methoxy groups -OCH3 is 3. The van der Waals surface area contributed by atoms with Crippen molar-refractivity contribution in [1.29, 1.82) is 0 Å². The number of hydrogen-bond donors (Lipinski definition) is 2. The van der Waals surface area contributed by atoms with Gasteiger partial charge in [-0.3, -0.25) is 4.90 Å². The molecule has 0 aliphatic carbocycles. The SMILES string of the molecule is CC[C@H]1CN2CCc3cc(OC)c(OC)cc3[C@@H]2C[C@@H]1C[C@H]1NCCc2c1[nH]c1ccc(OC)cc21. The molecule has 3 aromatic rings. The molecule has 0 saturated carbocycles. The van der Waals surface area contributed by atoms with Crippen molar-refractivity contribution in [2.24, 2.45) is 11.8 Å². The van der Waals surface area contributed by atoms with E-state index in [0.29, 0.717) is 18.0 Å². The van der Waals surface area contributed by atoms with Gasteiger partial charge in [0, 0.05) is 41.8 Å². The van der Waals surface area contributed by atoms with Crippen LogP contribution in [0.3, 0.4) is 0 Å². The Morgan fingerprint density at radius 2 is 1.81 bits per heavy atom. The third-order valence-corrected chi connectivity index (χ3v) is 9.10. The molecular weight excluding hydrogens is 450 g/mol. The zero-order valence-corrected chi connectivity index (χ0v) is 22.0. The van der Waals surface area contributed by atoms with E-state index >= 15 is 0 Å². The molecule has 3 aliphatic heterocycles. The van der Waals surface area contributed by atoms with Gasteiger partial charge >= 0.3 is 0 Å². The monoisotopic (exact) mass is 489 g/mol. The summed E-state index contributed by atoms with van der Waals surface area (Å²) in [4.78, 5) is 6.51. The van der Waals surface area contributed by atoms with E-state index in [4.69, 9.17) is 14.2 Å². The minimum Gasteiger partial charge on any atom is -0.497 e. The average Bonchev–Trinajstić information content (AvgIpc) is 3.30. The number of rotatable bonds is 6. The standard InChI is InChI=1S/C30H39N3O3/c1-5-18-17-33-11-9-19-14-28(35-3)29(36-4)16-23(19)27(33)13-20(18)12-26-30-22(8-10-31-26)24-15-21(34-2)6-7-25(24)32-30/h6-7,14-16,18,20,26-27,31-32H,5,8-13,17H2,1-4H3/t18-,20-,26+,27-/m0/s1. The molecule has 0 bridgehead atoms. The molecule has 192 valence electrons. The van der Waals surface area contributed by atoms with Crippen LogP contribution in [0.4, 0.5) is 0 Å². The third kappa shape index (κ3) is 3.95. The highest BCUT2D eigenvalue weighted by atomic mass is 16.5. The number of aromatic nitrogens is 1. The first-order valence-corrected chi connectivity index (χ1v) is 13.5. The Kier molecular flexibility index (Phi) is 6.34. The smallest absolute Gasteiger partial charge is 0.161 e. The Bertz CT molecular complexity index is 1250. The summed E-state index contributed by atoms with van der Waals surface area (Å²) in [6.45, 7) is 5.72. The van der Waals surface area contributed by atoms with Crippen molar-refractivity contribution < 1.29 is 14.2 Å². The van der Waals surface area contributed by atoms with Crippen LogP contribution in [-0.4, -0.2) is 50.8 Å². The summed E-state index contributed by atoms with van der Waals surface area (Å²) in [7, 11) is 5.22. The first-order chi connectivity index (χ1) is 17.6. The van der Waals surface area contributed by atoms with Gasteiger partial charge in [0.2, 0.25) is 0 Å². The molecule has 6 heteroatoms. The van der Waals surface area contributed by atoms with Crippen molar-refractivity contribution in [2.45, 2.75) is 51.1 Å². The van der Waals surface area contributed by atoms with Crippen molar-refractivity contribution >= 4 is 10.9 Å². The van der Waals surface area contributed by atoms with Crippen molar-refractivity contribution in [2.75, 3.05) is 41.0 Å². The van der Waals surface area contributed by atoms with Crippen LogP contribution >= 0.6 is 0 Å². The number of aromatic amines is 1. The first kappa shape index (κ1) is 23.7. The Morgan fingerprint density at radius 1 is 0.972 bits per heavy atom. The van der Waals surface area contributed by atoms with Gasteiger partial charge in [-0.1, -0.05) is 13.3 Å². The molecule has 1 fully saturated rings. The maximum absolute atomic E-state index is 5.69. The molecule has 0 spiro atoms. The van der Waals surface area contributed by atoms with E-state index < -0.39 is 0 Å². The van der Waals surface area contributed by atoms with Crippen LogP contribution in [-0.2, 0) is 12.8 Å². The van der Waals surface area contributed by atoms with E-state index in [1.807, 2.05) is 0 Å². The minimum absolute atomic E-state index is 0.367. The number of ether oxygens (including phenoxy) is 3. The fourth-order valence-electron chi connectivity index (χ4n) is 7.17. The minimum atomic E-state index is 0.367. The molecule has 6 rings (SSSR count). The fourth-order valence-corrected chi connectivity index (χ4v) is 7.17. The Balaban J connectivity index is 1.30. The van der Waals surface area contributed by atoms with Gasteiger partial charge in [-0.05, 0) is 91.1 Å². The van der Waals surface area contributed by atoms with E-state index in [-0.39, 0.29) is 0 Å². The topological polar surface area (TPSA) is 58.8 Å². The van der Waals surface area contributed by atoms with Crippen molar-refractivity contribution in [3.63, 3.8) is 0 Å². The quantitative estimate of drug-likeness (QED) is 0.485. The van der Waals surface area contributed by atoms with E-state index in [0.717, 1.165) is 49.1 Å². The lowest BCUT2D eigenvalue weighted by atomic mass is 9.73. The summed E-state index contributed by atoms with van der Waals surface area (Å²) >= 11 is 0. The van der Waals surface area contributed by atoms with Gasteiger partial charge in [-0.25, -0.2) is 0 Å². The molecule has 2 aromatic carbocycles. The third-order valence-electron chi connectivity index (χ3n) is 9.10. The summed E-state index contributed by atoms with van der Waals surface area (Å²) in [6.07, 6.45) is 5.74. The molecule has 0 unspecified atom stereocenters. The normalized spacial score (nSPS) is 25.7. The van der Waals surface area contributed by atoms with Crippen LogP contribution in [0.15, 0.2) is 30.3 Å². The van der Waals surface area contributed by atoms with Crippen LogP contribution in [0, 0.1) is 11.8 Å². The first-order valence-electron chi connectivity index (χ1n) is 13.5. The molecule has 4 atom stereocenters. The molecule has 4 heterocycles. The van der Waals surface area contributed by atoms with Gasteiger partial charge in [0.1, 0.15) is 5.75 Å². The van der Waals surface area contributed by atoms with Crippen molar-refractivity contribution in [3.05, 3.63) is 52.7 Å². The summed E-state index contributed by atoms with van der Waals surface area (Å²) in [6, 6.07) is 11.7. The lowest BCUT2D eigenvalue weighted by Crippen LogP contribution is -2.46. The number of hydrogen-bond acceptors (Lipinski definition) is 5. The van der Waals surface area contributed by atoms with Crippen LogP contribution in [0.1, 0.15) is 60.7 Å². The van der Waals surface area contributed by atoms with E-state index in [1.165, 1.54) is 59.1 Å². The van der Waals surface area contributed by atoms with Crippen LogP contribution in [0.5, 0.6) is 17.2 Å². The Morgan fingerprint density at radius 3 is 2.58 bits per heavy atom. The van der Waals surface area contributed by atoms with Gasteiger partial charge in [0.15, 0.2) is 11.5 Å². The maximum atomic E-state index is 5.69. The predicted molar refractivity (Wildman–Crippen MR) is 143 cm³/mol. The van der Waals surface area contributed by atoms with Gasteiger partial charge in [0.25, 0.3) is 0 Å². The summed E-state index contributed by atoms with van der Waals surface area (Å²) < 4.78 is 16.8. The van der Waals surface area contributed by atoms with E-state index in [2.05, 4.69) is 52.5 Å². The van der Waals surface area contributed by atoms with Gasteiger partial charge in [-0.15, -0.1) is 0 Å². The number of piperidine rings is 1. The van der Waals surface area contributed by atoms with Crippen molar-refractivity contribution in [3.8, 4) is 17.2 Å². The molecule has 3 aliphatic rings. The fraction of sp³-hybridized carbons (Fsp3) is 0.533. The molecule has 36 heavy (non-hydrogen) atoms. The van der Waals surface area contributed by atoms with Crippen LogP contribution in [0.25, 0.3) is 10.9 Å². The summed E-state index contributed by atoms with van der Waals surface area (Å²) in [5.41, 5.74) is 6.94. The summed E-state index contributed by atoms with van der Waals surface area (Å²) in [5, 5.41) is 5.19. The largest absolute Gasteiger partial charge is 0.497 e. The zero-order valence-electron chi connectivity index (χ0n) is 22.0. The van der Waals surface area contributed by atoms with Gasteiger partial charge < -0.3 is 24.5 Å². The number of H-pyrrole nitrogens is 1. The molecule has 0 amide bonds. The molecule has 2 N–H and O–H groups in total. The molecule has 6 nitrogen and oxygen atoms in total. The maximum Gasteiger partial charge on any atom is 0.161 e. The second kappa shape index (κ2) is 9.64. The lowest BCUT2D eigenvalue weighted by Gasteiger charge is -2.48. The highest BCUT2D eigenvalue weighted by Crippen LogP contribution is 2.47. The van der Waals surface area contributed by atoms with Crippen LogP contribution in [0.2, 0.25) is 0 Å². The van der Waals surface area contributed by atoms with Gasteiger partial charge in [-0.2, -0.15) is 0 Å². The molecule has 1 saturated heterocycles. The number of nitrogens with one attached hydrogen (secondary N) is 2. The van der Waals surface area contributed by atoms with Gasteiger partial charge in [0.05, 0.1) is 21.3 Å². The average molecular weight is 490 g/mol. The Labute approximate surface area is 214 Å². The van der Waals surface area contributed by atoms with Crippen LogP contribution < -0.4 is 19.5 Å². The summed E-state index contributed by atoms with van der Waals surface area (Å²) in [5.74, 6) is 4.01. The number of benzene rings is 2. The number of fused-ring (bicyclic) bond motifs is 6. The molecular formula is C30H39N3O3. The number of nitrogens with zero attached hydrogens (tertiary/aromatic N) is 1. The highest BCUT2D eigenvalue weighted by molar-refractivity contribution is 5.86. The second-order valence-electron chi connectivity index (χ2n) is 10.8. The second-order valence-corrected chi connectivity index (χ2v) is 10.8. The predicted octanol–water partition coefficient (Wildman–Crippen LogP) is 5.42. The molecule has 1 aromatic heterocycles. The van der Waals surface area contributed by atoms with E-state index in [1.54, 1.807) is 21.3 Å². The zero-order chi connectivity index (χ0) is 24.8. The Hall–Kier alpha value is -2.70. The highest BCUT2D eigenvalue weighted by Gasteiger charge is 2.40.